The fourth-order valence-electron chi connectivity index (χ4n) is 1.65. The van der Waals surface area contributed by atoms with E-state index in [1.165, 1.54) is 12.1 Å². The summed E-state index contributed by atoms with van der Waals surface area (Å²) in [7, 11) is 2.00. The van der Waals surface area contributed by atoms with Crippen LogP contribution in [0.15, 0.2) is 48.7 Å². The van der Waals surface area contributed by atoms with Crippen molar-refractivity contribution in [1.82, 2.24) is 4.90 Å². The van der Waals surface area contributed by atoms with E-state index in [4.69, 9.17) is 0 Å². The fraction of sp³-hybridized carbons (Fsp3) is 0.143. The molecule has 0 spiro atoms. The summed E-state index contributed by atoms with van der Waals surface area (Å²) in [6, 6.07) is 4.99. The molecule has 1 aromatic carbocycles. The molecule has 0 saturated heterocycles. The molecule has 1 unspecified atom stereocenters. The maximum atomic E-state index is 9.37. The number of phenolic OH excluding ortho intramolecular Hbond substituents is 2. The lowest BCUT2D eigenvalue weighted by molar-refractivity contribution is 0.403. The van der Waals surface area contributed by atoms with Gasteiger partial charge in [-0.1, -0.05) is 30.4 Å². The molecule has 0 aromatic heterocycles. The van der Waals surface area contributed by atoms with E-state index < -0.39 is 0 Å². The summed E-state index contributed by atoms with van der Waals surface area (Å²) < 4.78 is 0. The van der Waals surface area contributed by atoms with Crippen LogP contribution < -0.4 is 0 Å². The maximum absolute atomic E-state index is 9.37. The van der Waals surface area contributed by atoms with E-state index in [2.05, 4.69) is 11.0 Å². The number of nitrogens with zero attached hydrogens (tertiary/aromatic N) is 1. The SMILES string of the molecule is CN1C=CC=CC1/C=C/c1ccc(O)c(O)c1. The molecule has 3 nitrogen and oxygen atoms in total. The molecular formula is C14H15NO2. The Balaban J connectivity index is 2.12. The molecule has 0 amide bonds. The Morgan fingerprint density at radius 3 is 2.71 bits per heavy atom. The number of aromatic hydroxyl groups is 2. The van der Waals surface area contributed by atoms with Gasteiger partial charge in [-0.05, 0) is 30.0 Å². The summed E-state index contributed by atoms with van der Waals surface area (Å²) in [6.45, 7) is 0. The standard InChI is InChI=1S/C14H15NO2/c1-15-9-3-2-4-12(15)7-5-11-6-8-13(16)14(17)10-11/h2-10,12,16-17H,1H3/b7-5+. The highest BCUT2D eigenvalue weighted by Crippen LogP contribution is 2.25. The fourth-order valence-corrected chi connectivity index (χ4v) is 1.65. The normalized spacial score (nSPS) is 19.1. The molecule has 0 saturated carbocycles. The van der Waals surface area contributed by atoms with Crippen molar-refractivity contribution in [2.24, 2.45) is 0 Å². The minimum atomic E-state index is -0.0976. The third-order valence-electron chi connectivity index (χ3n) is 2.70. The van der Waals surface area contributed by atoms with Crippen LogP contribution in [-0.4, -0.2) is 28.2 Å². The van der Waals surface area contributed by atoms with E-state index >= 15 is 0 Å². The first-order valence-corrected chi connectivity index (χ1v) is 5.44. The lowest BCUT2D eigenvalue weighted by atomic mass is 10.1. The van der Waals surface area contributed by atoms with Crippen molar-refractivity contribution in [1.29, 1.82) is 0 Å². The second-order valence-corrected chi connectivity index (χ2v) is 3.99. The Morgan fingerprint density at radius 1 is 1.18 bits per heavy atom. The molecule has 1 heterocycles. The van der Waals surface area contributed by atoms with Crippen molar-refractivity contribution >= 4 is 6.08 Å². The lowest BCUT2D eigenvalue weighted by Gasteiger charge is -2.23. The second-order valence-electron chi connectivity index (χ2n) is 3.99. The predicted octanol–water partition coefficient (Wildman–Crippen LogP) is 2.49. The van der Waals surface area contributed by atoms with Gasteiger partial charge in [0.05, 0.1) is 6.04 Å². The molecule has 2 N–H and O–H groups in total. The molecule has 3 heteroatoms. The Kier molecular flexibility index (Phi) is 3.19. The minimum Gasteiger partial charge on any atom is -0.504 e. The van der Waals surface area contributed by atoms with Crippen LogP contribution >= 0.6 is 0 Å². The minimum absolute atomic E-state index is 0.0974. The van der Waals surface area contributed by atoms with Crippen LogP contribution in [-0.2, 0) is 0 Å². The molecular weight excluding hydrogens is 214 g/mol. The summed E-state index contributed by atoms with van der Waals surface area (Å²) in [5.41, 5.74) is 0.858. The van der Waals surface area contributed by atoms with E-state index in [9.17, 15) is 10.2 Å². The van der Waals surface area contributed by atoms with Crippen molar-refractivity contribution in [2.45, 2.75) is 6.04 Å². The zero-order valence-electron chi connectivity index (χ0n) is 9.62. The summed E-state index contributed by atoms with van der Waals surface area (Å²) in [6.07, 6.45) is 12.0. The van der Waals surface area contributed by atoms with E-state index in [0.29, 0.717) is 0 Å². The zero-order chi connectivity index (χ0) is 12.3. The molecule has 1 aliphatic heterocycles. The van der Waals surface area contributed by atoms with Gasteiger partial charge in [-0.2, -0.15) is 0 Å². The van der Waals surface area contributed by atoms with Crippen LogP contribution in [0, 0.1) is 0 Å². The zero-order valence-corrected chi connectivity index (χ0v) is 9.62. The van der Waals surface area contributed by atoms with Gasteiger partial charge in [-0.25, -0.2) is 0 Å². The molecule has 0 fully saturated rings. The van der Waals surface area contributed by atoms with E-state index in [1.54, 1.807) is 6.07 Å². The van der Waals surface area contributed by atoms with Crippen LogP contribution in [0.4, 0.5) is 0 Å². The summed E-state index contributed by atoms with van der Waals surface area (Å²) in [4.78, 5) is 2.08. The van der Waals surface area contributed by atoms with Crippen molar-refractivity contribution < 1.29 is 10.2 Å². The van der Waals surface area contributed by atoms with Gasteiger partial charge in [0, 0.05) is 7.05 Å². The van der Waals surface area contributed by atoms with Gasteiger partial charge in [-0.3, -0.25) is 0 Å². The van der Waals surface area contributed by atoms with E-state index in [1.807, 2.05) is 37.6 Å². The number of phenols is 2. The highest BCUT2D eigenvalue weighted by molar-refractivity contribution is 5.56. The van der Waals surface area contributed by atoms with Crippen LogP contribution in [0.25, 0.3) is 6.08 Å². The maximum Gasteiger partial charge on any atom is 0.157 e. The second kappa shape index (κ2) is 4.78. The summed E-state index contributed by atoms with van der Waals surface area (Å²) in [5.74, 6) is -0.195. The largest absolute Gasteiger partial charge is 0.504 e. The molecule has 88 valence electrons. The summed E-state index contributed by atoms with van der Waals surface area (Å²) >= 11 is 0. The lowest BCUT2D eigenvalue weighted by Crippen LogP contribution is -2.24. The third kappa shape index (κ3) is 2.69. The number of benzene rings is 1. The number of allylic oxidation sites excluding steroid dienone is 2. The van der Waals surface area contributed by atoms with Crippen LogP contribution in [0.5, 0.6) is 11.5 Å². The van der Waals surface area contributed by atoms with Crippen LogP contribution in [0.2, 0.25) is 0 Å². The average Bonchev–Trinajstić information content (AvgIpc) is 2.32. The van der Waals surface area contributed by atoms with Gasteiger partial charge in [0.1, 0.15) is 0 Å². The van der Waals surface area contributed by atoms with Gasteiger partial charge in [-0.15, -0.1) is 0 Å². The Labute approximate surface area is 101 Å². The molecule has 0 radical (unpaired) electrons. The molecule has 0 bridgehead atoms. The Hall–Kier alpha value is -2.16. The molecule has 2 rings (SSSR count). The molecule has 1 aromatic rings. The van der Waals surface area contributed by atoms with E-state index in [-0.39, 0.29) is 17.5 Å². The van der Waals surface area contributed by atoms with Gasteiger partial charge in [0.25, 0.3) is 0 Å². The molecule has 0 aliphatic carbocycles. The van der Waals surface area contributed by atoms with Gasteiger partial charge >= 0.3 is 0 Å². The number of hydrogen-bond acceptors (Lipinski definition) is 3. The summed E-state index contributed by atoms with van der Waals surface area (Å²) in [5, 5.41) is 18.6. The molecule has 1 aliphatic rings. The first-order valence-electron chi connectivity index (χ1n) is 5.44. The number of hydrogen-bond donors (Lipinski definition) is 2. The van der Waals surface area contributed by atoms with Crippen molar-refractivity contribution in [2.75, 3.05) is 7.05 Å². The monoisotopic (exact) mass is 229 g/mol. The average molecular weight is 229 g/mol. The predicted molar refractivity (Wildman–Crippen MR) is 68.6 cm³/mol. The van der Waals surface area contributed by atoms with Gasteiger partial charge in [0.15, 0.2) is 11.5 Å². The topological polar surface area (TPSA) is 43.7 Å². The smallest absolute Gasteiger partial charge is 0.157 e. The van der Waals surface area contributed by atoms with E-state index in [0.717, 1.165) is 5.56 Å². The first-order chi connectivity index (χ1) is 8.16. The van der Waals surface area contributed by atoms with Crippen LogP contribution in [0.1, 0.15) is 5.56 Å². The van der Waals surface area contributed by atoms with Crippen molar-refractivity contribution in [3.05, 3.63) is 54.3 Å². The Bertz CT molecular complexity index is 489. The van der Waals surface area contributed by atoms with Crippen molar-refractivity contribution in [3.63, 3.8) is 0 Å². The quantitative estimate of drug-likeness (QED) is 0.766. The van der Waals surface area contributed by atoms with Gasteiger partial charge in [0.2, 0.25) is 0 Å². The molecule has 17 heavy (non-hydrogen) atoms. The van der Waals surface area contributed by atoms with Gasteiger partial charge < -0.3 is 15.1 Å². The first kappa shape index (κ1) is 11.3. The Morgan fingerprint density at radius 2 is 2.00 bits per heavy atom. The van der Waals surface area contributed by atoms with Crippen molar-refractivity contribution in [3.8, 4) is 11.5 Å². The molecule has 1 atom stereocenters. The number of rotatable bonds is 2. The number of likely N-dealkylation sites (N-methyl/N-ethyl adjacent to an activating group) is 1. The highest BCUT2D eigenvalue weighted by Gasteiger charge is 2.05. The van der Waals surface area contributed by atoms with Crippen LogP contribution in [0.3, 0.4) is 0 Å². The third-order valence-corrected chi connectivity index (χ3v) is 2.70. The highest BCUT2D eigenvalue weighted by atomic mass is 16.3.